The molecule has 0 aliphatic heterocycles. The summed E-state index contributed by atoms with van der Waals surface area (Å²) in [5, 5.41) is 18.2. The van der Waals surface area contributed by atoms with Crippen molar-refractivity contribution in [2.24, 2.45) is 11.3 Å². The molecule has 9 nitrogen and oxygen atoms in total. The maximum absolute atomic E-state index is 12.5. The molecule has 40 heavy (non-hydrogen) atoms. The second-order valence-corrected chi connectivity index (χ2v) is 12.2. The van der Waals surface area contributed by atoms with Crippen LogP contribution in [0.3, 0.4) is 0 Å². The van der Waals surface area contributed by atoms with Gasteiger partial charge in [-0.1, -0.05) is 39.0 Å². The first-order valence-corrected chi connectivity index (χ1v) is 14.3. The Morgan fingerprint density at radius 1 is 1.10 bits per heavy atom. The predicted molar refractivity (Wildman–Crippen MR) is 157 cm³/mol. The fourth-order valence-electron chi connectivity index (χ4n) is 5.01. The summed E-state index contributed by atoms with van der Waals surface area (Å²) in [6.45, 7) is 8.00. The second-order valence-electron chi connectivity index (χ2n) is 11.1. The van der Waals surface area contributed by atoms with E-state index in [9.17, 15) is 14.9 Å². The summed E-state index contributed by atoms with van der Waals surface area (Å²) in [5.41, 5.74) is 1.90. The smallest absolute Gasteiger partial charge is 0.269 e. The van der Waals surface area contributed by atoms with E-state index in [1.165, 1.54) is 34.7 Å². The lowest BCUT2D eigenvalue weighted by Crippen LogP contribution is -2.29. The number of non-ortho nitro benzene ring substituents is 1. The predicted octanol–water partition coefficient (Wildman–Crippen LogP) is 6.17. The van der Waals surface area contributed by atoms with Gasteiger partial charge in [0.25, 0.3) is 11.6 Å². The van der Waals surface area contributed by atoms with Crippen LogP contribution in [-0.4, -0.2) is 33.9 Å². The van der Waals surface area contributed by atoms with E-state index in [0.29, 0.717) is 30.4 Å². The minimum absolute atomic E-state index is 0.0500. The fraction of sp³-hybridized carbons (Fsp3) is 0.367. The second kappa shape index (κ2) is 11.6. The average molecular weight is 560 g/mol. The van der Waals surface area contributed by atoms with Gasteiger partial charge in [-0.3, -0.25) is 14.9 Å². The zero-order valence-corrected chi connectivity index (χ0v) is 23.7. The molecule has 2 aromatic carbocycles. The molecular weight excluding hydrogens is 526 g/mol. The summed E-state index contributed by atoms with van der Waals surface area (Å²) in [6, 6.07) is 15.2. The highest BCUT2D eigenvalue weighted by molar-refractivity contribution is 7.19. The molecule has 0 bridgehead atoms. The molecule has 0 saturated heterocycles. The van der Waals surface area contributed by atoms with Crippen LogP contribution in [0.15, 0.2) is 54.6 Å². The molecule has 2 N–H and O–H groups in total. The van der Waals surface area contributed by atoms with Gasteiger partial charge in [-0.25, -0.2) is 9.97 Å². The quantitative estimate of drug-likeness (QED) is 0.143. The maximum Gasteiger partial charge on any atom is 0.269 e. The lowest BCUT2D eigenvalue weighted by atomic mass is 9.72. The molecule has 1 aliphatic rings. The van der Waals surface area contributed by atoms with Crippen molar-refractivity contribution in [1.82, 2.24) is 15.3 Å². The maximum atomic E-state index is 12.5. The van der Waals surface area contributed by atoms with Gasteiger partial charge in [0, 0.05) is 35.7 Å². The van der Waals surface area contributed by atoms with E-state index in [1.807, 2.05) is 30.3 Å². The minimum Gasteiger partial charge on any atom is -0.486 e. The number of benzene rings is 2. The lowest BCUT2D eigenvalue weighted by Gasteiger charge is -2.33. The Labute approximate surface area is 237 Å². The molecule has 5 rings (SSSR count). The third-order valence-corrected chi connectivity index (χ3v) is 8.48. The molecule has 1 aliphatic carbocycles. The van der Waals surface area contributed by atoms with E-state index >= 15 is 0 Å². The molecule has 2 heterocycles. The average Bonchev–Trinajstić information content (AvgIpc) is 3.32. The Hall–Kier alpha value is -4.05. The Morgan fingerprint density at radius 3 is 2.55 bits per heavy atom. The number of hydrogen-bond donors (Lipinski definition) is 2. The van der Waals surface area contributed by atoms with Crippen LogP contribution in [0.2, 0.25) is 0 Å². The third kappa shape index (κ3) is 6.22. The molecule has 208 valence electrons. The van der Waals surface area contributed by atoms with Crippen molar-refractivity contribution in [3.05, 3.63) is 86.5 Å². The van der Waals surface area contributed by atoms with E-state index in [0.717, 1.165) is 41.0 Å². The van der Waals surface area contributed by atoms with Gasteiger partial charge in [0.05, 0.1) is 10.3 Å². The normalized spacial score (nSPS) is 14.9. The summed E-state index contributed by atoms with van der Waals surface area (Å²) in [5.74, 6) is 2.44. The number of nitro groups is 1. The van der Waals surface area contributed by atoms with Gasteiger partial charge in [-0.15, -0.1) is 11.3 Å². The highest BCUT2D eigenvalue weighted by Gasteiger charge is 2.32. The highest BCUT2D eigenvalue weighted by atomic mass is 32.1. The number of aromatic nitrogens is 2. The minimum atomic E-state index is -0.486. The highest BCUT2D eigenvalue weighted by Crippen LogP contribution is 2.44. The van der Waals surface area contributed by atoms with Crippen molar-refractivity contribution in [2.45, 2.75) is 46.6 Å². The van der Waals surface area contributed by atoms with E-state index in [2.05, 4.69) is 31.4 Å². The number of nitrogens with zero attached hydrogens (tertiary/aromatic N) is 3. The number of hydrogen-bond acceptors (Lipinski definition) is 8. The zero-order chi connectivity index (χ0) is 28.3. The van der Waals surface area contributed by atoms with Crippen molar-refractivity contribution in [1.29, 1.82) is 0 Å². The fourth-order valence-corrected chi connectivity index (χ4v) is 6.33. The number of carbonyl (C=O) groups excluding carboxylic acids is 1. The number of rotatable bonds is 9. The number of carbonyl (C=O) groups is 1. The van der Waals surface area contributed by atoms with Crippen molar-refractivity contribution in [2.75, 3.05) is 18.4 Å². The van der Waals surface area contributed by atoms with Gasteiger partial charge in [-0.05, 0) is 60.4 Å². The topological polar surface area (TPSA) is 119 Å². The van der Waals surface area contributed by atoms with Crippen molar-refractivity contribution < 1.29 is 14.5 Å². The first-order valence-electron chi connectivity index (χ1n) is 13.4. The molecule has 0 saturated carbocycles. The summed E-state index contributed by atoms with van der Waals surface area (Å²) < 4.78 is 5.94. The van der Waals surface area contributed by atoms with Crippen LogP contribution in [0.25, 0.3) is 10.2 Å². The summed E-state index contributed by atoms with van der Waals surface area (Å²) in [4.78, 5) is 35.0. The van der Waals surface area contributed by atoms with E-state index < -0.39 is 4.92 Å². The summed E-state index contributed by atoms with van der Waals surface area (Å²) in [7, 11) is 0. The summed E-state index contributed by atoms with van der Waals surface area (Å²) >= 11 is 1.75. The number of para-hydroxylation sites is 1. The molecule has 4 aromatic rings. The first-order chi connectivity index (χ1) is 19.2. The zero-order valence-electron chi connectivity index (χ0n) is 22.9. The molecule has 0 radical (unpaired) electrons. The molecule has 0 unspecified atom stereocenters. The van der Waals surface area contributed by atoms with Crippen LogP contribution in [0.5, 0.6) is 5.75 Å². The Morgan fingerprint density at radius 2 is 1.85 bits per heavy atom. The number of nitrogens with one attached hydrogen (secondary N) is 2. The van der Waals surface area contributed by atoms with Crippen LogP contribution in [0, 0.1) is 21.4 Å². The molecule has 0 fully saturated rings. The Kier molecular flexibility index (Phi) is 7.97. The van der Waals surface area contributed by atoms with Gasteiger partial charge in [0.1, 0.15) is 23.0 Å². The van der Waals surface area contributed by atoms with Crippen molar-refractivity contribution in [3.8, 4) is 5.75 Å². The molecule has 1 amide bonds. The van der Waals surface area contributed by atoms with Crippen LogP contribution >= 0.6 is 11.3 Å². The Balaban J connectivity index is 1.33. The number of aryl methyl sites for hydroxylation is 1. The van der Waals surface area contributed by atoms with Crippen LogP contribution in [-0.2, 0) is 19.4 Å². The van der Waals surface area contributed by atoms with Crippen LogP contribution in [0.4, 0.5) is 11.5 Å². The van der Waals surface area contributed by atoms with Gasteiger partial charge in [-0.2, -0.15) is 0 Å². The van der Waals surface area contributed by atoms with Crippen LogP contribution < -0.4 is 15.4 Å². The monoisotopic (exact) mass is 559 g/mol. The van der Waals surface area contributed by atoms with E-state index in [4.69, 9.17) is 14.7 Å². The number of anilines is 1. The van der Waals surface area contributed by atoms with Gasteiger partial charge >= 0.3 is 0 Å². The number of amides is 1. The lowest BCUT2D eigenvalue weighted by molar-refractivity contribution is -0.384. The molecule has 2 aromatic heterocycles. The third-order valence-electron chi connectivity index (χ3n) is 7.33. The number of ether oxygens (including phenoxy) is 1. The standard InChI is InChI=1S/C30H33N5O4S/c1-30(2,3)20-11-14-23-24(17-20)40-29-26(23)27(33-25(34-29)18-39-22-7-5-4-6-8-22)31-15-16-32-28(36)19-9-12-21(13-10-19)35(37)38/h4-10,12-13,20H,11,14-18H2,1-3H3,(H,32,36)(H,31,33,34)/t20-/m0/s1. The van der Waals surface area contributed by atoms with Crippen LogP contribution in [0.1, 0.15) is 53.8 Å². The number of nitro benzene ring substituents is 1. The molecule has 10 heteroatoms. The van der Waals surface area contributed by atoms with E-state index in [1.54, 1.807) is 11.3 Å². The Bertz CT molecular complexity index is 1510. The van der Waals surface area contributed by atoms with Crippen molar-refractivity contribution >= 4 is 39.0 Å². The molecular formula is C30H33N5O4S. The first kappa shape index (κ1) is 27.5. The number of fused-ring (bicyclic) bond motifs is 3. The molecule has 0 spiro atoms. The molecule has 1 atom stereocenters. The summed E-state index contributed by atoms with van der Waals surface area (Å²) in [6.07, 6.45) is 3.17. The van der Waals surface area contributed by atoms with E-state index in [-0.39, 0.29) is 23.6 Å². The SMILES string of the molecule is CC(C)(C)[C@H]1CCc2c(sc3nc(COc4ccccc4)nc(NCCNC(=O)c4ccc([N+](=O)[O-])cc4)c23)C1. The van der Waals surface area contributed by atoms with Gasteiger partial charge in [0.2, 0.25) is 0 Å². The largest absolute Gasteiger partial charge is 0.486 e. The van der Waals surface area contributed by atoms with Gasteiger partial charge in [0.15, 0.2) is 5.82 Å². The van der Waals surface area contributed by atoms with Gasteiger partial charge < -0.3 is 15.4 Å². The number of thiophene rings is 1. The van der Waals surface area contributed by atoms with Crippen molar-refractivity contribution in [3.63, 3.8) is 0 Å².